The van der Waals surface area contributed by atoms with Crippen LogP contribution in [0.25, 0.3) is 0 Å². The molecule has 16 heavy (non-hydrogen) atoms. The van der Waals surface area contributed by atoms with Crippen molar-refractivity contribution >= 4 is 11.7 Å². The van der Waals surface area contributed by atoms with Crippen LogP contribution >= 0.6 is 0 Å². The van der Waals surface area contributed by atoms with Crippen LogP contribution in [-0.2, 0) is 0 Å². The Morgan fingerprint density at radius 3 is 2.38 bits per heavy atom. The molecule has 1 aromatic rings. The second-order valence-corrected chi connectivity index (χ2v) is 4.53. The first-order chi connectivity index (χ1) is 7.28. The third-order valence-corrected chi connectivity index (χ3v) is 1.72. The summed E-state index contributed by atoms with van der Waals surface area (Å²) >= 11 is 0. The second-order valence-electron chi connectivity index (χ2n) is 4.53. The molecule has 0 saturated heterocycles. The number of amides is 2. The molecule has 2 amide bonds. The third-order valence-electron chi connectivity index (χ3n) is 1.72. The summed E-state index contributed by atoms with van der Waals surface area (Å²) in [7, 11) is 0. The quantitative estimate of drug-likeness (QED) is 0.435. The van der Waals surface area contributed by atoms with Crippen molar-refractivity contribution < 1.29 is 15.0 Å². The Kier molecular flexibility index (Phi) is 3.27. The third kappa shape index (κ3) is 3.68. The van der Waals surface area contributed by atoms with E-state index in [1.54, 1.807) is 0 Å². The number of hydrogen-bond acceptors (Lipinski definition) is 3. The second kappa shape index (κ2) is 4.30. The van der Waals surface area contributed by atoms with Gasteiger partial charge in [0.15, 0.2) is 0 Å². The first-order valence-corrected chi connectivity index (χ1v) is 4.89. The monoisotopic (exact) mass is 224 g/mol. The predicted molar refractivity (Wildman–Crippen MR) is 61.7 cm³/mol. The molecular weight excluding hydrogens is 208 g/mol. The van der Waals surface area contributed by atoms with Gasteiger partial charge in [-0.25, -0.2) is 4.79 Å². The topological polar surface area (TPSA) is 81.6 Å². The smallest absolute Gasteiger partial charge is 0.319 e. The maximum Gasteiger partial charge on any atom is 0.319 e. The molecule has 1 rings (SSSR count). The molecule has 88 valence electrons. The van der Waals surface area contributed by atoms with E-state index in [2.05, 4.69) is 10.6 Å². The van der Waals surface area contributed by atoms with Crippen molar-refractivity contribution in [1.82, 2.24) is 5.32 Å². The summed E-state index contributed by atoms with van der Waals surface area (Å²) in [5.41, 5.74) is -0.101. The van der Waals surface area contributed by atoms with Crippen molar-refractivity contribution in [2.24, 2.45) is 0 Å². The van der Waals surface area contributed by atoms with Crippen LogP contribution in [-0.4, -0.2) is 21.8 Å². The number of phenols is 2. The molecule has 5 nitrogen and oxygen atoms in total. The van der Waals surface area contributed by atoms with E-state index in [0.717, 1.165) is 6.07 Å². The molecular formula is C11H16N2O3. The molecule has 0 bridgehead atoms. The Hall–Kier alpha value is -1.91. The largest absolute Gasteiger partial charge is 0.508 e. The number of nitrogens with one attached hydrogen (secondary N) is 2. The van der Waals surface area contributed by atoms with Crippen LogP contribution in [0.1, 0.15) is 20.8 Å². The van der Waals surface area contributed by atoms with E-state index in [-0.39, 0.29) is 22.7 Å². The Bertz CT molecular complexity index is 397. The van der Waals surface area contributed by atoms with Crippen molar-refractivity contribution in [2.75, 3.05) is 5.32 Å². The zero-order chi connectivity index (χ0) is 12.3. The molecule has 5 heteroatoms. The number of phenolic OH excluding ortho intramolecular Hbond substituents is 2. The molecule has 0 saturated carbocycles. The fourth-order valence-corrected chi connectivity index (χ4v) is 1.12. The zero-order valence-electron chi connectivity index (χ0n) is 9.53. The first kappa shape index (κ1) is 12.2. The van der Waals surface area contributed by atoms with E-state index in [4.69, 9.17) is 5.11 Å². The predicted octanol–water partition coefficient (Wildman–Crippen LogP) is 2.02. The molecule has 0 heterocycles. The Morgan fingerprint density at radius 1 is 1.25 bits per heavy atom. The van der Waals surface area contributed by atoms with Gasteiger partial charge in [0.2, 0.25) is 0 Å². The molecule has 0 atom stereocenters. The van der Waals surface area contributed by atoms with Gasteiger partial charge in [0.25, 0.3) is 0 Å². The van der Waals surface area contributed by atoms with Crippen LogP contribution in [0.4, 0.5) is 10.5 Å². The van der Waals surface area contributed by atoms with Gasteiger partial charge in [0.05, 0.1) is 5.69 Å². The summed E-state index contributed by atoms with van der Waals surface area (Å²) in [5, 5.41) is 23.7. The minimum absolute atomic E-state index is 0.0562. The van der Waals surface area contributed by atoms with Gasteiger partial charge in [-0.15, -0.1) is 0 Å². The van der Waals surface area contributed by atoms with Gasteiger partial charge in [-0.1, -0.05) is 0 Å². The average molecular weight is 224 g/mol. The van der Waals surface area contributed by atoms with E-state index >= 15 is 0 Å². The minimum Gasteiger partial charge on any atom is -0.508 e. The normalized spacial score (nSPS) is 10.9. The molecule has 0 aliphatic carbocycles. The number of anilines is 1. The van der Waals surface area contributed by atoms with Gasteiger partial charge >= 0.3 is 6.03 Å². The highest BCUT2D eigenvalue weighted by Crippen LogP contribution is 2.27. The Morgan fingerprint density at radius 2 is 1.88 bits per heavy atom. The molecule has 0 aromatic heterocycles. The van der Waals surface area contributed by atoms with Crippen LogP contribution in [0.3, 0.4) is 0 Å². The number of aromatic hydroxyl groups is 2. The summed E-state index contributed by atoms with van der Waals surface area (Å²) in [6.07, 6.45) is 0. The van der Waals surface area contributed by atoms with Gasteiger partial charge in [0, 0.05) is 11.6 Å². The van der Waals surface area contributed by atoms with Crippen molar-refractivity contribution in [2.45, 2.75) is 26.3 Å². The van der Waals surface area contributed by atoms with Crippen LogP contribution < -0.4 is 10.6 Å². The van der Waals surface area contributed by atoms with Gasteiger partial charge in [0.1, 0.15) is 11.5 Å². The van der Waals surface area contributed by atoms with E-state index in [0.29, 0.717) is 0 Å². The van der Waals surface area contributed by atoms with E-state index in [9.17, 15) is 9.90 Å². The lowest BCUT2D eigenvalue weighted by Crippen LogP contribution is -2.43. The highest BCUT2D eigenvalue weighted by atomic mass is 16.3. The molecule has 0 radical (unpaired) electrons. The summed E-state index contributed by atoms with van der Waals surface area (Å²) in [5.74, 6) is -0.233. The number of carbonyl (C=O) groups is 1. The number of carbonyl (C=O) groups excluding carboxylic acids is 1. The summed E-state index contributed by atoms with van der Waals surface area (Å²) in [6.45, 7) is 5.55. The molecule has 1 aromatic carbocycles. The minimum atomic E-state index is -0.409. The lowest BCUT2D eigenvalue weighted by Gasteiger charge is -2.20. The van der Waals surface area contributed by atoms with Crippen LogP contribution in [0.5, 0.6) is 11.5 Å². The average Bonchev–Trinajstić information content (AvgIpc) is 2.06. The van der Waals surface area contributed by atoms with Crippen molar-refractivity contribution in [3.8, 4) is 11.5 Å². The van der Waals surface area contributed by atoms with Crippen molar-refractivity contribution in [3.63, 3.8) is 0 Å². The van der Waals surface area contributed by atoms with Gasteiger partial charge in [-0.05, 0) is 32.9 Å². The van der Waals surface area contributed by atoms with Crippen LogP contribution in [0.15, 0.2) is 18.2 Å². The lowest BCUT2D eigenvalue weighted by atomic mass is 10.1. The van der Waals surface area contributed by atoms with E-state index < -0.39 is 6.03 Å². The fourth-order valence-electron chi connectivity index (χ4n) is 1.12. The highest BCUT2D eigenvalue weighted by Gasteiger charge is 2.14. The van der Waals surface area contributed by atoms with E-state index in [1.807, 2.05) is 20.8 Å². The zero-order valence-corrected chi connectivity index (χ0v) is 9.53. The lowest BCUT2D eigenvalue weighted by molar-refractivity contribution is 0.243. The molecule has 0 aliphatic heterocycles. The molecule has 4 N–H and O–H groups in total. The fraction of sp³-hybridized carbons (Fsp3) is 0.364. The van der Waals surface area contributed by atoms with Crippen LogP contribution in [0, 0.1) is 0 Å². The van der Waals surface area contributed by atoms with Crippen LogP contribution in [0.2, 0.25) is 0 Å². The Labute approximate surface area is 94.1 Å². The van der Waals surface area contributed by atoms with Gasteiger partial charge in [-0.3, -0.25) is 0 Å². The SMILES string of the molecule is CC(C)(C)NC(=O)Nc1ccc(O)cc1O. The number of hydrogen-bond donors (Lipinski definition) is 4. The summed E-state index contributed by atoms with van der Waals surface area (Å²) in [6, 6.07) is 3.56. The van der Waals surface area contributed by atoms with Crippen molar-refractivity contribution in [1.29, 1.82) is 0 Å². The van der Waals surface area contributed by atoms with Gasteiger partial charge < -0.3 is 20.8 Å². The van der Waals surface area contributed by atoms with Crippen molar-refractivity contribution in [3.05, 3.63) is 18.2 Å². The van der Waals surface area contributed by atoms with Gasteiger partial charge in [-0.2, -0.15) is 0 Å². The standard InChI is InChI=1S/C11H16N2O3/c1-11(2,3)13-10(16)12-8-5-4-7(14)6-9(8)15/h4-6,14-15H,1-3H3,(H2,12,13,16). The number of rotatable bonds is 1. The maximum atomic E-state index is 11.5. The summed E-state index contributed by atoms with van der Waals surface area (Å²) in [4.78, 5) is 11.5. The summed E-state index contributed by atoms with van der Waals surface area (Å²) < 4.78 is 0. The first-order valence-electron chi connectivity index (χ1n) is 4.89. The Balaban J connectivity index is 2.70. The maximum absolute atomic E-state index is 11.5. The highest BCUT2D eigenvalue weighted by molar-refractivity contribution is 5.91. The molecule has 0 fully saturated rings. The molecule has 0 spiro atoms. The molecule has 0 aliphatic rings. The molecule has 0 unspecified atom stereocenters. The number of benzene rings is 1. The van der Waals surface area contributed by atoms with E-state index in [1.165, 1.54) is 12.1 Å². The number of urea groups is 1.